The SMILES string of the molecule is CC1CC1.O=C(O)CN1C(=O)CN=C(c2ccccc2)c2cc(Cl)ccc21. The first-order valence-corrected chi connectivity index (χ1v) is 9.25. The van der Waals surface area contributed by atoms with Gasteiger partial charge in [-0.05, 0) is 24.1 Å². The van der Waals surface area contributed by atoms with Gasteiger partial charge in [0.25, 0.3) is 0 Å². The molecule has 2 aliphatic rings. The summed E-state index contributed by atoms with van der Waals surface area (Å²) in [6.07, 6.45) is 2.97. The fraction of sp³-hybridized carbons (Fsp3) is 0.286. The molecular formula is C21H21ClN2O3. The van der Waals surface area contributed by atoms with Crippen LogP contribution < -0.4 is 4.90 Å². The molecule has 0 radical (unpaired) electrons. The summed E-state index contributed by atoms with van der Waals surface area (Å²) in [6.45, 7) is 1.76. The summed E-state index contributed by atoms with van der Waals surface area (Å²) in [5, 5.41) is 9.58. The summed E-state index contributed by atoms with van der Waals surface area (Å²) in [5.74, 6) is -0.357. The third kappa shape index (κ3) is 4.95. The van der Waals surface area contributed by atoms with Crippen LogP contribution in [0.4, 0.5) is 5.69 Å². The van der Waals surface area contributed by atoms with Gasteiger partial charge in [0.15, 0.2) is 0 Å². The Kier molecular flexibility index (Phi) is 5.91. The van der Waals surface area contributed by atoms with E-state index in [-0.39, 0.29) is 12.5 Å². The molecule has 1 fully saturated rings. The van der Waals surface area contributed by atoms with Gasteiger partial charge < -0.3 is 5.11 Å². The average molecular weight is 385 g/mol. The van der Waals surface area contributed by atoms with Crippen LogP contribution in [0.25, 0.3) is 0 Å². The second kappa shape index (κ2) is 8.35. The maximum Gasteiger partial charge on any atom is 0.323 e. The van der Waals surface area contributed by atoms with Crippen LogP contribution >= 0.6 is 11.6 Å². The molecule has 4 rings (SSSR count). The Morgan fingerprint density at radius 1 is 1.22 bits per heavy atom. The van der Waals surface area contributed by atoms with Crippen molar-refractivity contribution in [3.05, 3.63) is 64.7 Å². The van der Waals surface area contributed by atoms with Crippen molar-refractivity contribution in [1.82, 2.24) is 0 Å². The number of carbonyl (C=O) groups excluding carboxylic acids is 1. The number of carboxylic acids is 1. The van der Waals surface area contributed by atoms with E-state index in [9.17, 15) is 9.59 Å². The number of benzodiazepines with no additional fused rings is 1. The van der Waals surface area contributed by atoms with E-state index >= 15 is 0 Å². The standard InChI is InChI=1S/C17H13ClN2O3.C4H8/c18-12-6-7-14-13(8-12)17(11-4-2-1-3-5-11)19-9-15(21)20(14)10-16(22)23;1-4-2-3-4/h1-8H,9-10H2,(H,22,23);4H,2-3H2,1H3. The van der Waals surface area contributed by atoms with Gasteiger partial charge in [0, 0.05) is 16.1 Å². The summed E-state index contributed by atoms with van der Waals surface area (Å²) < 4.78 is 0. The molecule has 140 valence electrons. The minimum atomic E-state index is -1.08. The number of halogens is 1. The first-order valence-electron chi connectivity index (χ1n) is 8.87. The van der Waals surface area contributed by atoms with Crippen LogP contribution in [-0.4, -0.2) is 35.8 Å². The fourth-order valence-electron chi connectivity index (χ4n) is 2.70. The molecule has 1 amide bonds. The second-order valence-corrected chi connectivity index (χ2v) is 7.18. The predicted octanol–water partition coefficient (Wildman–Crippen LogP) is 4.02. The first kappa shape index (κ1) is 19.1. The quantitative estimate of drug-likeness (QED) is 0.868. The lowest BCUT2D eigenvalue weighted by Crippen LogP contribution is -2.37. The molecule has 5 nitrogen and oxygen atoms in total. The molecule has 0 aromatic heterocycles. The van der Waals surface area contributed by atoms with Gasteiger partial charge in [-0.3, -0.25) is 19.5 Å². The Bertz CT molecular complexity index is 876. The van der Waals surface area contributed by atoms with Gasteiger partial charge in [-0.2, -0.15) is 0 Å². The normalized spacial score (nSPS) is 15.9. The largest absolute Gasteiger partial charge is 0.480 e. The topological polar surface area (TPSA) is 70.0 Å². The molecule has 1 aliphatic carbocycles. The molecule has 27 heavy (non-hydrogen) atoms. The molecule has 0 unspecified atom stereocenters. The zero-order valence-corrected chi connectivity index (χ0v) is 15.8. The third-order valence-electron chi connectivity index (χ3n) is 4.38. The average Bonchev–Trinajstić information content (AvgIpc) is 3.44. The van der Waals surface area contributed by atoms with Crippen LogP contribution in [0.2, 0.25) is 5.02 Å². The maximum atomic E-state index is 12.3. The number of rotatable bonds is 3. The number of hydrogen-bond acceptors (Lipinski definition) is 3. The molecular weight excluding hydrogens is 364 g/mol. The van der Waals surface area contributed by atoms with Crippen molar-refractivity contribution in [2.45, 2.75) is 19.8 Å². The Morgan fingerprint density at radius 3 is 2.48 bits per heavy atom. The number of aliphatic imine (C=N–C) groups is 1. The van der Waals surface area contributed by atoms with E-state index in [4.69, 9.17) is 16.7 Å². The van der Waals surface area contributed by atoms with Crippen molar-refractivity contribution < 1.29 is 14.7 Å². The van der Waals surface area contributed by atoms with E-state index in [1.165, 1.54) is 17.7 Å². The van der Waals surface area contributed by atoms with Crippen LogP contribution in [0, 0.1) is 5.92 Å². The Hall–Kier alpha value is -2.66. The number of carboxylic acid groups (broad SMARTS) is 1. The Balaban J connectivity index is 0.000000466. The summed E-state index contributed by atoms with van der Waals surface area (Å²) in [5.41, 5.74) is 2.63. The molecule has 1 heterocycles. The summed E-state index contributed by atoms with van der Waals surface area (Å²) in [6, 6.07) is 14.4. The number of nitrogens with zero attached hydrogens (tertiary/aromatic N) is 2. The molecule has 0 bridgehead atoms. The van der Waals surface area contributed by atoms with Crippen molar-refractivity contribution in [2.75, 3.05) is 18.0 Å². The van der Waals surface area contributed by atoms with Crippen molar-refractivity contribution in [1.29, 1.82) is 0 Å². The van der Waals surface area contributed by atoms with Gasteiger partial charge in [0.2, 0.25) is 5.91 Å². The van der Waals surface area contributed by atoms with E-state index in [1.54, 1.807) is 18.2 Å². The van der Waals surface area contributed by atoms with Crippen LogP contribution in [0.5, 0.6) is 0 Å². The molecule has 0 atom stereocenters. The number of fused-ring (bicyclic) bond motifs is 1. The highest BCUT2D eigenvalue weighted by Crippen LogP contribution is 2.29. The lowest BCUT2D eigenvalue weighted by Gasteiger charge is -2.21. The van der Waals surface area contributed by atoms with Crippen LogP contribution in [0.15, 0.2) is 53.5 Å². The molecule has 2 aromatic carbocycles. The van der Waals surface area contributed by atoms with Crippen molar-refractivity contribution >= 4 is 34.9 Å². The van der Waals surface area contributed by atoms with E-state index < -0.39 is 12.5 Å². The minimum Gasteiger partial charge on any atom is -0.480 e. The van der Waals surface area contributed by atoms with Crippen LogP contribution in [0.3, 0.4) is 0 Å². The summed E-state index contributed by atoms with van der Waals surface area (Å²) in [7, 11) is 0. The second-order valence-electron chi connectivity index (χ2n) is 6.75. The minimum absolute atomic E-state index is 0.107. The summed E-state index contributed by atoms with van der Waals surface area (Å²) in [4.78, 5) is 29.0. The fourth-order valence-corrected chi connectivity index (χ4v) is 2.88. The number of benzene rings is 2. The van der Waals surface area contributed by atoms with Crippen molar-refractivity contribution in [3.8, 4) is 0 Å². The molecule has 1 aliphatic heterocycles. The lowest BCUT2D eigenvalue weighted by molar-refractivity contribution is -0.136. The Morgan fingerprint density at radius 2 is 1.89 bits per heavy atom. The molecule has 1 N–H and O–H groups in total. The van der Waals surface area contributed by atoms with Gasteiger partial charge >= 0.3 is 5.97 Å². The number of anilines is 1. The number of hydrogen-bond donors (Lipinski definition) is 1. The molecule has 0 spiro atoms. The zero-order valence-electron chi connectivity index (χ0n) is 15.1. The summed E-state index contributed by atoms with van der Waals surface area (Å²) >= 11 is 6.10. The monoisotopic (exact) mass is 384 g/mol. The highest BCUT2D eigenvalue weighted by molar-refractivity contribution is 6.32. The zero-order chi connectivity index (χ0) is 19.4. The Labute approximate surface area is 163 Å². The smallest absolute Gasteiger partial charge is 0.323 e. The first-order chi connectivity index (χ1) is 13.0. The number of aliphatic carboxylic acids is 1. The number of carbonyl (C=O) groups is 2. The lowest BCUT2D eigenvalue weighted by atomic mass is 10.0. The molecule has 0 saturated heterocycles. The van der Waals surface area contributed by atoms with Gasteiger partial charge in [-0.25, -0.2) is 0 Å². The molecule has 2 aromatic rings. The van der Waals surface area contributed by atoms with Gasteiger partial charge in [0.05, 0.1) is 11.4 Å². The highest BCUT2D eigenvalue weighted by atomic mass is 35.5. The predicted molar refractivity (Wildman–Crippen MR) is 107 cm³/mol. The van der Waals surface area contributed by atoms with Gasteiger partial charge in [-0.1, -0.05) is 61.7 Å². The van der Waals surface area contributed by atoms with Crippen LogP contribution in [0.1, 0.15) is 30.9 Å². The van der Waals surface area contributed by atoms with E-state index in [0.717, 1.165) is 11.5 Å². The number of amides is 1. The van der Waals surface area contributed by atoms with Crippen LogP contribution in [-0.2, 0) is 9.59 Å². The van der Waals surface area contributed by atoms with E-state index in [2.05, 4.69) is 11.9 Å². The van der Waals surface area contributed by atoms with Crippen molar-refractivity contribution in [3.63, 3.8) is 0 Å². The van der Waals surface area contributed by atoms with Gasteiger partial charge in [0.1, 0.15) is 13.1 Å². The van der Waals surface area contributed by atoms with E-state index in [0.29, 0.717) is 22.0 Å². The van der Waals surface area contributed by atoms with Gasteiger partial charge in [-0.15, -0.1) is 0 Å². The third-order valence-corrected chi connectivity index (χ3v) is 4.62. The van der Waals surface area contributed by atoms with E-state index in [1.807, 2.05) is 30.3 Å². The maximum absolute atomic E-state index is 12.3. The highest BCUT2D eigenvalue weighted by Gasteiger charge is 2.26. The van der Waals surface area contributed by atoms with Crippen molar-refractivity contribution in [2.24, 2.45) is 10.9 Å². The molecule has 6 heteroatoms. The molecule has 1 saturated carbocycles.